The molecular formula is C18H25BO2. The van der Waals surface area contributed by atoms with E-state index in [0.717, 1.165) is 11.9 Å². The van der Waals surface area contributed by atoms with Gasteiger partial charge >= 0.3 is 7.12 Å². The molecule has 2 rings (SSSR count). The molecule has 2 nitrogen and oxygen atoms in total. The number of allylic oxidation sites excluding steroid dienone is 3. The highest BCUT2D eigenvalue weighted by Crippen LogP contribution is 2.40. The van der Waals surface area contributed by atoms with Gasteiger partial charge in [0.1, 0.15) is 0 Å². The molecule has 0 unspecified atom stereocenters. The predicted molar refractivity (Wildman–Crippen MR) is 89.9 cm³/mol. The topological polar surface area (TPSA) is 18.5 Å². The Morgan fingerprint density at radius 3 is 2.10 bits per heavy atom. The van der Waals surface area contributed by atoms with E-state index in [1.54, 1.807) is 0 Å². The van der Waals surface area contributed by atoms with Crippen molar-refractivity contribution >= 4 is 12.7 Å². The van der Waals surface area contributed by atoms with Crippen molar-refractivity contribution in [1.29, 1.82) is 0 Å². The number of hydrogen-bond donors (Lipinski definition) is 0. The van der Waals surface area contributed by atoms with E-state index < -0.39 is 0 Å². The summed E-state index contributed by atoms with van der Waals surface area (Å²) >= 11 is 0. The highest BCUT2D eigenvalue weighted by Gasteiger charge is 2.52. The summed E-state index contributed by atoms with van der Waals surface area (Å²) in [5.41, 5.74) is 2.93. The van der Waals surface area contributed by atoms with Crippen molar-refractivity contribution in [1.82, 2.24) is 0 Å². The lowest BCUT2D eigenvalue weighted by molar-refractivity contribution is 0.00578. The van der Waals surface area contributed by atoms with Crippen LogP contribution in [0.5, 0.6) is 0 Å². The third kappa shape index (κ3) is 3.14. The molecule has 0 aromatic heterocycles. The average Bonchev–Trinajstić information content (AvgIpc) is 2.65. The summed E-state index contributed by atoms with van der Waals surface area (Å²) in [6, 6.07) is 10.4. The fraction of sp³-hybridized carbons (Fsp3) is 0.444. The van der Waals surface area contributed by atoms with E-state index in [4.69, 9.17) is 9.31 Å². The largest absolute Gasteiger partial charge is 0.490 e. The molecular weight excluding hydrogens is 259 g/mol. The van der Waals surface area contributed by atoms with E-state index >= 15 is 0 Å². The molecule has 0 atom stereocenters. The van der Waals surface area contributed by atoms with Crippen LogP contribution in [0.2, 0.25) is 0 Å². The van der Waals surface area contributed by atoms with Crippen LogP contribution >= 0.6 is 0 Å². The molecule has 0 saturated carbocycles. The first-order valence-corrected chi connectivity index (χ1v) is 7.50. The summed E-state index contributed by atoms with van der Waals surface area (Å²) < 4.78 is 12.3. The van der Waals surface area contributed by atoms with Crippen LogP contribution < -0.4 is 0 Å². The minimum absolute atomic E-state index is 0.301. The van der Waals surface area contributed by atoms with E-state index in [0.29, 0.717) is 0 Å². The number of rotatable bonds is 4. The molecule has 0 amide bonds. The maximum Gasteiger partial charge on any atom is 0.490 e. The van der Waals surface area contributed by atoms with E-state index in [9.17, 15) is 0 Å². The van der Waals surface area contributed by atoms with Gasteiger partial charge in [0.15, 0.2) is 0 Å². The fourth-order valence-electron chi connectivity index (χ4n) is 2.45. The van der Waals surface area contributed by atoms with E-state index in [1.165, 1.54) is 11.1 Å². The van der Waals surface area contributed by atoms with E-state index in [-0.39, 0.29) is 18.3 Å². The van der Waals surface area contributed by atoms with Gasteiger partial charge in [-0.05, 0) is 57.6 Å². The Morgan fingerprint density at radius 2 is 1.62 bits per heavy atom. The molecule has 0 spiro atoms. The average molecular weight is 284 g/mol. The van der Waals surface area contributed by atoms with Crippen molar-refractivity contribution in [3.63, 3.8) is 0 Å². The first kappa shape index (κ1) is 16.1. The van der Waals surface area contributed by atoms with Crippen LogP contribution in [0.25, 0.3) is 5.57 Å². The van der Waals surface area contributed by atoms with Crippen LogP contribution in [0, 0.1) is 0 Å². The van der Waals surface area contributed by atoms with Gasteiger partial charge in [0, 0.05) is 0 Å². The Morgan fingerprint density at radius 1 is 1.10 bits per heavy atom. The third-order valence-corrected chi connectivity index (χ3v) is 4.55. The summed E-state index contributed by atoms with van der Waals surface area (Å²) in [6.07, 6.45) is 2.73. The highest BCUT2D eigenvalue weighted by atomic mass is 16.7. The van der Waals surface area contributed by atoms with E-state index in [2.05, 4.69) is 65.5 Å². The van der Waals surface area contributed by atoms with E-state index in [1.807, 2.05) is 12.1 Å². The first-order valence-electron chi connectivity index (χ1n) is 7.50. The van der Waals surface area contributed by atoms with Crippen molar-refractivity contribution in [3.8, 4) is 0 Å². The van der Waals surface area contributed by atoms with Crippen molar-refractivity contribution in [2.75, 3.05) is 0 Å². The van der Waals surface area contributed by atoms with Gasteiger partial charge in [0.25, 0.3) is 0 Å². The minimum atomic E-state index is -0.311. The maximum absolute atomic E-state index is 6.16. The molecule has 21 heavy (non-hydrogen) atoms. The summed E-state index contributed by atoms with van der Waals surface area (Å²) in [5, 5.41) is 0. The molecule has 0 N–H and O–H groups in total. The van der Waals surface area contributed by atoms with Crippen molar-refractivity contribution in [2.45, 2.75) is 52.2 Å². The summed E-state index contributed by atoms with van der Waals surface area (Å²) in [6.45, 7) is 14.3. The van der Waals surface area contributed by atoms with Gasteiger partial charge in [-0.15, -0.1) is 6.58 Å². The van der Waals surface area contributed by atoms with Crippen LogP contribution in [0.1, 0.15) is 46.6 Å². The highest BCUT2D eigenvalue weighted by molar-refractivity contribution is 6.56. The second-order valence-electron chi connectivity index (χ2n) is 6.61. The Bertz CT molecular complexity index is 528. The molecule has 1 saturated heterocycles. The second kappa shape index (κ2) is 5.82. The molecule has 1 aliphatic heterocycles. The van der Waals surface area contributed by atoms with Crippen LogP contribution in [-0.4, -0.2) is 18.3 Å². The Labute approximate surface area is 129 Å². The Hall–Kier alpha value is -1.32. The lowest BCUT2D eigenvalue weighted by atomic mass is 9.74. The summed E-state index contributed by atoms with van der Waals surface area (Å²) in [4.78, 5) is 0. The van der Waals surface area contributed by atoms with Crippen molar-refractivity contribution in [2.24, 2.45) is 0 Å². The third-order valence-electron chi connectivity index (χ3n) is 4.55. The molecule has 1 heterocycles. The number of benzene rings is 1. The lowest BCUT2D eigenvalue weighted by Crippen LogP contribution is -2.41. The summed E-state index contributed by atoms with van der Waals surface area (Å²) in [7, 11) is -0.301. The quantitative estimate of drug-likeness (QED) is 0.591. The van der Waals surface area contributed by atoms with Crippen LogP contribution in [0.3, 0.4) is 0 Å². The molecule has 3 heteroatoms. The summed E-state index contributed by atoms with van der Waals surface area (Å²) in [5.74, 6) is 0. The fourth-order valence-corrected chi connectivity index (χ4v) is 2.45. The van der Waals surface area contributed by atoms with Gasteiger partial charge in [0.2, 0.25) is 0 Å². The SMILES string of the molecule is C=CC/C(=C(/C)B1OC(C)(C)C(C)(C)O1)c1ccccc1. The van der Waals surface area contributed by atoms with Gasteiger partial charge in [-0.25, -0.2) is 0 Å². The normalized spacial score (nSPS) is 21.1. The van der Waals surface area contributed by atoms with Crippen molar-refractivity contribution < 1.29 is 9.31 Å². The minimum Gasteiger partial charge on any atom is -0.400 e. The Kier molecular flexibility index (Phi) is 4.45. The standard InChI is InChI=1S/C18H25BO2/c1-7-11-16(15-12-9-8-10-13-15)14(2)19-20-17(3,4)18(5,6)21-19/h7-10,12-13H,1,11H2,2-6H3/b16-14+. The lowest BCUT2D eigenvalue weighted by Gasteiger charge is -2.32. The van der Waals surface area contributed by atoms with Crippen molar-refractivity contribution in [3.05, 3.63) is 54.0 Å². The molecule has 1 aliphatic rings. The van der Waals surface area contributed by atoms with Gasteiger partial charge in [0.05, 0.1) is 11.2 Å². The van der Waals surface area contributed by atoms with Gasteiger partial charge in [-0.2, -0.15) is 0 Å². The second-order valence-corrected chi connectivity index (χ2v) is 6.61. The molecule has 0 bridgehead atoms. The zero-order valence-electron chi connectivity index (χ0n) is 13.8. The Balaban J connectivity index is 2.38. The smallest absolute Gasteiger partial charge is 0.400 e. The van der Waals surface area contributed by atoms with Crippen LogP contribution in [-0.2, 0) is 9.31 Å². The van der Waals surface area contributed by atoms with Gasteiger partial charge in [-0.3, -0.25) is 0 Å². The molecule has 0 radical (unpaired) electrons. The first-order chi connectivity index (χ1) is 9.78. The molecule has 0 aliphatic carbocycles. The van der Waals surface area contributed by atoms with Gasteiger partial charge in [-0.1, -0.05) is 36.4 Å². The predicted octanol–water partition coefficient (Wildman–Crippen LogP) is 4.67. The number of hydrogen-bond acceptors (Lipinski definition) is 2. The zero-order chi connectivity index (χ0) is 15.7. The molecule has 112 valence electrons. The molecule has 1 aromatic rings. The maximum atomic E-state index is 6.16. The molecule has 1 aromatic carbocycles. The van der Waals surface area contributed by atoms with Crippen LogP contribution in [0.4, 0.5) is 0 Å². The monoisotopic (exact) mass is 284 g/mol. The van der Waals surface area contributed by atoms with Crippen LogP contribution in [0.15, 0.2) is 48.5 Å². The van der Waals surface area contributed by atoms with Gasteiger partial charge < -0.3 is 9.31 Å². The zero-order valence-corrected chi connectivity index (χ0v) is 13.8. The molecule has 1 fully saturated rings.